The molecule has 0 aromatic heterocycles. The summed E-state index contributed by atoms with van der Waals surface area (Å²) in [4.78, 5) is 15.0. The Morgan fingerprint density at radius 1 is 1.03 bits per heavy atom. The fraction of sp³-hybridized carbons (Fsp3) is 0.458. The van der Waals surface area contributed by atoms with Crippen molar-refractivity contribution >= 4 is 5.91 Å². The Hall–Kier alpha value is -2.83. The minimum Gasteiger partial charge on any atom is -0.493 e. The molecule has 168 valence electrons. The lowest BCUT2D eigenvalue weighted by molar-refractivity contribution is -0.134. The SMILES string of the molecule is COc1ccc(CCC2CCCCN2C(=O)Cc2ccc(OC(F)F)cc2)cc1OC. The number of methoxy groups -OCH3 is 2. The number of nitrogens with zero attached hydrogens (tertiary/aromatic N) is 1. The van der Waals surface area contributed by atoms with Crippen LogP contribution in [0, 0.1) is 0 Å². The van der Waals surface area contributed by atoms with Gasteiger partial charge in [0.2, 0.25) is 5.91 Å². The van der Waals surface area contributed by atoms with E-state index in [9.17, 15) is 13.6 Å². The van der Waals surface area contributed by atoms with Crippen molar-refractivity contribution in [1.82, 2.24) is 4.90 Å². The summed E-state index contributed by atoms with van der Waals surface area (Å²) >= 11 is 0. The number of rotatable bonds is 9. The highest BCUT2D eigenvalue weighted by Gasteiger charge is 2.26. The van der Waals surface area contributed by atoms with Crippen molar-refractivity contribution < 1.29 is 27.8 Å². The first kappa shape index (κ1) is 22.8. The monoisotopic (exact) mass is 433 g/mol. The number of piperidine rings is 1. The number of hydrogen-bond acceptors (Lipinski definition) is 4. The van der Waals surface area contributed by atoms with Gasteiger partial charge in [0, 0.05) is 12.6 Å². The standard InChI is InChI=1S/C24H29F2NO4/c1-29-21-13-9-17(15-22(21)30-2)6-10-19-5-3-4-14-27(19)23(28)16-18-7-11-20(12-8-18)31-24(25)26/h7-9,11-13,15,19,24H,3-6,10,14,16H2,1-2H3. The minimum absolute atomic E-state index is 0.0690. The predicted molar refractivity (Wildman–Crippen MR) is 114 cm³/mol. The molecule has 0 N–H and O–H groups in total. The van der Waals surface area contributed by atoms with Crippen LogP contribution in [0.3, 0.4) is 0 Å². The maximum Gasteiger partial charge on any atom is 0.387 e. The Bertz CT molecular complexity index is 857. The van der Waals surface area contributed by atoms with Crippen molar-refractivity contribution in [2.75, 3.05) is 20.8 Å². The molecule has 3 rings (SSSR count). The van der Waals surface area contributed by atoms with E-state index in [2.05, 4.69) is 4.74 Å². The molecule has 1 amide bonds. The van der Waals surface area contributed by atoms with Crippen LogP contribution >= 0.6 is 0 Å². The molecular weight excluding hydrogens is 404 g/mol. The second-order valence-electron chi connectivity index (χ2n) is 7.66. The largest absolute Gasteiger partial charge is 0.493 e. The molecule has 2 aromatic rings. The van der Waals surface area contributed by atoms with Crippen LogP contribution in [-0.2, 0) is 17.6 Å². The Morgan fingerprint density at radius 2 is 1.74 bits per heavy atom. The van der Waals surface area contributed by atoms with E-state index in [0.717, 1.165) is 49.8 Å². The van der Waals surface area contributed by atoms with Gasteiger partial charge in [0.25, 0.3) is 0 Å². The maximum atomic E-state index is 13.0. The second-order valence-corrected chi connectivity index (χ2v) is 7.66. The van der Waals surface area contributed by atoms with Gasteiger partial charge in [-0.3, -0.25) is 4.79 Å². The summed E-state index contributed by atoms with van der Waals surface area (Å²) in [6.07, 6.45) is 5.07. The Morgan fingerprint density at radius 3 is 2.42 bits per heavy atom. The highest BCUT2D eigenvalue weighted by molar-refractivity contribution is 5.79. The quantitative estimate of drug-likeness (QED) is 0.567. The number of benzene rings is 2. The number of likely N-dealkylation sites (tertiary alicyclic amines) is 1. The van der Waals surface area contributed by atoms with Gasteiger partial charge in [0.15, 0.2) is 11.5 Å². The molecule has 1 saturated heterocycles. The second kappa shape index (κ2) is 11.0. The normalized spacial score (nSPS) is 16.3. The van der Waals surface area contributed by atoms with Crippen molar-refractivity contribution in [3.05, 3.63) is 53.6 Å². The molecule has 1 aliphatic rings. The van der Waals surface area contributed by atoms with E-state index in [1.54, 1.807) is 26.4 Å². The van der Waals surface area contributed by atoms with Gasteiger partial charge < -0.3 is 19.1 Å². The van der Waals surface area contributed by atoms with Gasteiger partial charge >= 0.3 is 6.61 Å². The minimum atomic E-state index is -2.85. The van der Waals surface area contributed by atoms with Gasteiger partial charge in [-0.25, -0.2) is 0 Å². The zero-order valence-electron chi connectivity index (χ0n) is 18.0. The molecule has 31 heavy (non-hydrogen) atoms. The zero-order chi connectivity index (χ0) is 22.2. The van der Waals surface area contributed by atoms with Crippen molar-refractivity contribution in [1.29, 1.82) is 0 Å². The van der Waals surface area contributed by atoms with E-state index < -0.39 is 6.61 Å². The lowest BCUT2D eigenvalue weighted by Crippen LogP contribution is -2.44. The fourth-order valence-corrected chi connectivity index (χ4v) is 4.06. The van der Waals surface area contributed by atoms with Crippen LogP contribution in [0.4, 0.5) is 8.78 Å². The number of aryl methyl sites for hydroxylation is 1. The third-order valence-corrected chi connectivity index (χ3v) is 5.67. The summed E-state index contributed by atoms with van der Waals surface area (Å²) in [6, 6.07) is 12.4. The Balaban J connectivity index is 1.60. The van der Waals surface area contributed by atoms with E-state index in [0.29, 0.717) is 11.5 Å². The number of ether oxygens (including phenoxy) is 3. The molecule has 0 spiro atoms. The van der Waals surface area contributed by atoms with E-state index in [-0.39, 0.29) is 24.1 Å². The van der Waals surface area contributed by atoms with Gasteiger partial charge in [0.1, 0.15) is 5.75 Å². The van der Waals surface area contributed by atoms with Crippen LogP contribution in [0.2, 0.25) is 0 Å². The number of carbonyl (C=O) groups is 1. The van der Waals surface area contributed by atoms with Crippen molar-refractivity contribution in [2.45, 2.75) is 51.2 Å². The van der Waals surface area contributed by atoms with Gasteiger partial charge in [0.05, 0.1) is 20.6 Å². The lowest BCUT2D eigenvalue weighted by Gasteiger charge is -2.36. The highest BCUT2D eigenvalue weighted by atomic mass is 19.3. The van der Waals surface area contributed by atoms with Crippen LogP contribution < -0.4 is 14.2 Å². The van der Waals surface area contributed by atoms with Crippen molar-refractivity contribution in [2.24, 2.45) is 0 Å². The molecule has 1 unspecified atom stereocenters. The molecular formula is C24H29F2NO4. The highest BCUT2D eigenvalue weighted by Crippen LogP contribution is 2.29. The van der Waals surface area contributed by atoms with E-state index in [4.69, 9.17) is 9.47 Å². The summed E-state index contributed by atoms with van der Waals surface area (Å²) in [5, 5.41) is 0. The van der Waals surface area contributed by atoms with Crippen LogP contribution in [0.1, 0.15) is 36.8 Å². The van der Waals surface area contributed by atoms with Gasteiger partial charge in [-0.2, -0.15) is 8.78 Å². The predicted octanol–water partition coefficient (Wildman–Crippen LogP) is 4.86. The molecule has 2 aromatic carbocycles. The van der Waals surface area contributed by atoms with Gasteiger partial charge in [-0.15, -0.1) is 0 Å². The van der Waals surface area contributed by atoms with E-state index in [1.807, 2.05) is 23.1 Å². The summed E-state index contributed by atoms with van der Waals surface area (Å²) in [7, 11) is 3.23. The molecule has 1 heterocycles. The van der Waals surface area contributed by atoms with E-state index in [1.165, 1.54) is 12.1 Å². The molecule has 0 saturated carbocycles. The average Bonchev–Trinajstić information content (AvgIpc) is 2.78. The number of amides is 1. The zero-order valence-corrected chi connectivity index (χ0v) is 18.0. The molecule has 5 nitrogen and oxygen atoms in total. The van der Waals surface area contributed by atoms with Crippen LogP contribution in [0.5, 0.6) is 17.2 Å². The van der Waals surface area contributed by atoms with Crippen molar-refractivity contribution in [3.63, 3.8) is 0 Å². The number of hydrogen-bond donors (Lipinski definition) is 0. The number of carbonyl (C=O) groups excluding carboxylic acids is 1. The molecule has 0 aliphatic carbocycles. The summed E-state index contributed by atoms with van der Waals surface area (Å²) in [5.41, 5.74) is 1.93. The summed E-state index contributed by atoms with van der Waals surface area (Å²) in [6.45, 7) is -2.10. The Labute approximate surface area is 181 Å². The molecule has 7 heteroatoms. The molecule has 1 atom stereocenters. The topological polar surface area (TPSA) is 48.0 Å². The maximum absolute atomic E-state index is 13.0. The van der Waals surface area contributed by atoms with Crippen LogP contribution in [0.15, 0.2) is 42.5 Å². The number of halogens is 2. The van der Waals surface area contributed by atoms with Crippen molar-refractivity contribution in [3.8, 4) is 17.2 Å². The molecule has 1 aliphatic heterocycles. The van der Waals surface area contributed by atoms with Gasteiger partial charge in [-0.05, 0) is 67.5 Å². The summed E-state index contributed by atoms with van der Waals surface area (Å²) in [5.74, 6) is 1.57. The fourth-order valence-electron chi connectivity index (χ4n) is 4.06. The van der Waals surface area contributed by atoms with Gasteiger partial charge in [-0.1, -0.05) is 18.2 Å². The molecule has 0 bridgehead atoms. The first-order chi connectivity index (χ1) is 15.0. The average molecular weight is 433 g/mol. The first-order valence-corrected chi connectivity index (χ1v) is 10.5. The first-order valence-electron chi connectivity index (χ1n) is 10.5. The smallest absolute Gasteiger partial charge is 0.387 e. The molecule has 1 fully saturated rings. The Kier molecular flexibility index (Phi) is 8.09. The van der Waals surface area contributed by atoms with Crippen LogP contribution in [0.25, 0.3) is 0 Å². The van der Waals surface area contributed by atoms with Crippen LogP contribution in [-0.4, -0.2) is 44.2 Å². The lowest BCUT2D eigenvalue weighted by atomic mass is 9.95. The summed E-state index contributed by atoms with van der Waals surface area (Å²) < 4.78 is 39.6. The van der Waals surface area contributed by atoms with E-state index >= 15 is 0 Å². The number of alkyl halides is 2. The third-order valence-electron chi connectivity index (χ3n) is 5.67. The third kappa shape index (κ3) is 6.32. The molecule has 0 radical (unpaired) electrons.